The zero-order chi connectivity index (χ0) is 13.7. The first-order valence-corrected chi connectivity index (χ1v) is 6.69. The molecule has 0 spiro atoms. The SMILES string of the molecule is O=C(O)CCC(=O)Nc1ccccc1-c1cccs1. The predicted octanol–water partition coefficient (Wildman–Crippen LogP) is 3.22. The quantitative estimate of drug-likeness (QED) is 0.880. The Balaban J connectivity index is 2.12. The zero-order valence-corrected chi connectivity index (χ0v) is 10.9. The molecule has 2 N–H and O–H groups in total. The van der Waals surface area contributed by atoms with E-state index in [1.807, 2.05) is 41.8 Å². The fourth-order valence-electron chi connectivity index (χ4n) is 1.67. The van der Waals surface area contributed by atoms with Gasteiger partial charge in [0, 0.05) is 22.5 Å². The van der Waals surface area contributed by atoms with E-state index in [0.29, 0.717) is 5.69 Å². The van der Waals surface area contributed by atoms with E-state index in [0.717, 1.165) is 10.4 Å². The van der Waals surface area contributed by atoms with Gasteiger partial charge in [0.15, 0.2) is 0 Å². The maximum absolute atomic E-state index is 11.7. The third-order valence-corrected chi connectivity index (χ3v) is 3.46. The molecule has 4 nitrogen and oxygen atoms in total. The van der Waals surface area contributed by atoms with Crippen LogP contribution < -0.4 is 5.32 Å². The van der Waals surface area contributed by atoms with Gasteiger partial charge in [-0.3, -0.25) is 9.59 Å². The van der Waals surface area contributed by atoms with Crippen LogP contribution in [0.1, 0.15) is 12.8 Å². The van der Waals surface area contributed by atoms with Crippen LogP contribution in [0.5, 0.6) is 0 Å². The Morgan fingerprint density at radius 3 is 2.58 bits per heavy atom. The van der Waals surface area contributed by atoms with Gasteiger partial charge >= 0.3 is 5.97 Å². The molecular weight excluding hydrogens is 262 g/mol. The molecule has 0 saturated heterocycles. The highest BCUT2D eigenvalue weighted by atomic mass is 32.1. The van der Waals surface area contributed by atoms with Crippen molar-refractivity contribution in [3.63, 3.8) is 0 Å². The molecule has 2 aromatic rings. The lowest BCUT2D eigenvalue weighted by molar-refractivity contribution is -0.138. The Kier molecular flexibility index (Phi) is 4.30. The van der Waals surface area contributed by atoms with Gasteiger partial charge < -0.3 is 10.4 Å². The summed E-state index contributed by atoms with van der Waals surface area (Å²) in [6.07, 6.45) is -0.179. The van der Waals surface area contributed by atoms with Crippen molar-refractivity contribution in [1.82, 2.24) is 0 Å². The molecule has 0 atom stereocenters. The van der Waals surface area contributed by atoms with Crippen molar-refractivity contribution in [2.45, 2.75) is 12.8 Å². The van der Waals surface area contributed by atoms with Crippen molar-refractivity contribution in [2.75, 3.05) is 5.32 Å². The number of para-hydroxylation sites is 1. The minimum absolute atomic E-state index is 0.0197. The second-order valence-electron chi connectivity index (χ2n) is 3.96. The van der Waals surface area contributed by atoms with E-state index in [2.05, 4.69) is 5.32 Å². The highest BCUT2D eigenvalue weighted by molar-refractivity contribution is 7.13. The van der Waals surface area contributed by atoms with Crippen LogP contribution in [0.25, 0.3) is 10.4 Å². The summed E-state index contributed by atoms with van der Waals surface area (Å²) in [5, 5.41) is 13.3. The molecule has 1 aromatic heterocycles. The number of aliphatic carboxylic acids is 1. The fraction of sp³-hybridized carbons (Fsp3) is 0.143. The van der Waals surface area contributed by atoms with Gasteiger partial charge in [-0.05, 0) is 17.5 Å². The molecule has 0 saturated carbocycles. The lowest BCUT2D eigenvalue weighted by Gasteiger charge is -2.09. The summed E-state index contributed by atoms with van der Waals surface area (Å²) in [6, 6.07) is 11.4. The molecule has 0 aliphatic carbocycles. The predicted molar refractivity (Wildman–Crippen MR) is 75.3 cm³/mol. The summed E-state index contributed by atoms with van der Waals surface area (Å²) in [4.78, 5) is 23.2. The van der Waals surface area contributed by atoms with Crippen molar-refractivity contribution in [3.8, 4) is 10.4 Å². The van der Waals surface area contributed by atoms with Crippen LogP contribution in [0.15, 0.2) is 41.8 Å². The van der Waals surface area contributed by atoms with E-state index < -0.39 is 5.97 Å². The fourth-order valence-corrected chi connectivity index (χ4v) is 2.44. The molecule has 0 unspecified atom stereocenters. The molecule has 0 bridgehead atoms. The van der Waals surface area contributed by atoms with E-state index in [1.54, 1.807) is 11.3 Å². The molecule has 1 aromatic carbocycles. The first-order valence-electron chi connectivity index (χ1n) is 5.81. The Hall–Kier alpha value is -2.14. The minimum atomic E-state index is -0.971. The standard InChI is InChI=1S/C14H13NO3S/c16-13(7-8-14(17)18)15-11-5-2-1-4-10(11)12-6-3-9-19-12/h1-6,9H,7-8H2,(H,15,16)(H,17,18). The number of hydrogen-bond donors (Lipinski definition) is 2. The summed E-state index contributed by atoms with van der Waals surface area (Å²) >= 11 is 1.59. The molecule has 5 heteroatoms. The van der Waals surface area contributed by atoms with E-state index in [9.17, 15) is 9.59 Å². The van der Waals surface area contributed by atoms with Crippen LogP contribution in [-0.2, 0) is 9.59 Å². The summed E-state index contributed by atoms with van der Waals surface area (Å²) in [7, 11) is 0. The van der Waals surface area contributed by atoms with Crippen LogP contribution in [0, 0.1) is 0 Å². The number of amides is 1. The Bertz CT molecular complexity index is 578. The monoisotopic (exact) mass is 275 g/mol. The number of anilines is 1. The molecular formula is C14H13NO3S. The first kappa shape index (κ1) is 13.3. The number of rotatable bonds is 5. The third kappa shape index (κ3) is 3.66. The summed E-state index contributed by atoms with van der Waals surface area (Å²) < 4.78 is 0. The summed E-state index contributed by atoms with van der Waals surface area (Å²) in [6.45, 7) is 0. The Morgan fingerprint density at radius 2 is 1.89 bits per heavy atom. The van der Waals surface area contributed by atoms with Crippen LogP contribution in [0.3, 0.4) is 0 Å². The largest absolute Gasteiger partial charge is 0.481 e. The van der Waals surface area contributed by atoms with E-state index in [1.165, 1.54) is 0 Å². The first-order chi connectivity index (χ1) is 9.16. The van der Waals surface area contributed by atoms with Gasteiger partial charge in [0.25, 0.3) is 0 Å². The highest BCUT2D eigenvalue weighted by Crippen LogP contribution is 2.31. The topological polar surface area (TPSA) is 66.4 Å². The number of carboxylic acid groups (broad SMARTS) is 1. The number of carboxylic acids is 1. The van der Waals surface area contributed by atoms with Gasteiger partial charge in [0.05, 0.1) is 6.42 Å². The van der Waals surface area contributed by atoms with Crippen molar-refractivity contribution < 1.29 is 14.7 Å². The smallest absolute Gasteiger partial charge is 0.303 e. The zero-order valence-electron chi connectivity index (χ0n) is 10.1. The summed E-state index contributed by atoms with van der Waals surface area (Å²) in [5.41, 5.74) is 1.65. The van der Waals surface area contributed by atoms with Crippen LogP contribution in [0.4, 0.5) is 5.69 Å². The van der Waals surface area contributed by atoms with Gasteiger partial charge in [0.2, 0.25) is 5.91 Å². The van der Waals surface area contributed by atoms with Crippen molar-refractivity contribution in [2.24, 2.45) is 0 Å². The van der Waals surface area contributed by atoms with Gasteiger partial charge in [-0.1, -0.05) is 24.3 Å². The molecule has 19 heavy (non-hydrogen) atoms. The molecule has 1 heterocycles. The van der Waals surface area contributed by atoms with Gasteiger partial charge in [-0.15, -0.1) is 11.3 Å². The number of benzene rings is 1. The number of carbonyl (C=O) groups is 2. The average Bonchev–Trinajstić information content (AvgIpc) is 2.91. The lowest BCUT2D eigenvalue weighted by atomic mass is 10.1. The lowest BCUT2D eigenvalue weighted by Crippen LogP contribution is -2.13. The second kappa shape index (κ2) is 6.15. The second-order valence-corrected chi connectivity index (χ2v) is 4.91. The molecule has 0 fully saturated rings. The van der Waals surface area contributed by atoms with Gasteiger partial charge in [0.1, 0.15) is 0 Å². The molecule has 98 valence electrons. The molecule has 0 radical (unpaired) electrons. The van der Waals surface area contributed by atoms with E-state index in [-0.39, 0.29) is 18.7 Å². The number of nitrogens with one attached hydrogen (secondary N) is 1. The Labute approximate surface area is 114 Å². The average molecular weight is 275 g/mol. The van der Waals surface area contributed by atoms with Gasteiger partial charge in [-0.25, -0.2) is 0 Å². The minimum Gasteiger partial charge on any atom is -0.481 e. The number of carbonyl (C=O) groups excluding carboxylic acids is 1. The normalized spacial score (nSPS) is 10.1. The third-order valence-electron chi connectivity index (χ3n) is 2.55. The van der Waals surface area contributed by atoms with E-state index in [4.69, 9.17) is 5.11 Å². The van der Waals surface area contributed by atoms with Crippen LogP contribution in [0.2, 0.25) is 0 Å². The maximum atomic E-state index is 11.7. The molecule has 0 aliphatic rings. The summed E-state index contributed by atoms with van der Waals surface area (Å²) in [5.74, 6) is -1.26. The molecule has 1 amide bonds. The van der Waals surface area contributed by atoms with E-state index >= 15 is 0 Å². The van der Waals surface area contributed by atoms with Crippen LogP contribution >= 0.6 is 11.3 Å². The van der Waals surface area contributed by atoms with Crippen molar-refractivity contribution in [1.29, 1.82) is 0 Å². The van der Waals surface area contributed by atoms with Crippen molar-refractivity contribution in [3.05, 3.63) is 41.8 Å². The molecule has 0 aliphatic heterocycles. The van der Waals surface area contributed by atoms with Crippen LogP contribution in [-0.4, -0.2) is 17.0 Å². The molecule has 2 rings (SSSR count). The van der Waals surface area contributed by atoms with Gasteiger partial charge in [-0.2, -0.15) is 0 Å². The number of thiophene rings is 1. The van der Waals surface area contributed by atoms with Crippen molar-refractivity contribution >= 4 is 28.9 Å². The number of hydrogen-bond acceptors (Lipinski definition) is 3. The Morgan fingerprint density at radius 1 is 1.11 bits per heavy atom. The highest BCUT2D eigenvalue weighted by Gasteiger charge is 2.10. The maximum Gasteiger partial charge on any atom is 0.303 e.